The summed E-state index contributed by atoms with van der Waals surface area (Å²) in [4.78, 5) is 8.30. The Kier molecular flexibility index (Phi) is 2.27. The third-order valence-electron chi connectivity index (χ3n) is 2.65. The van der Waals surface area contributed by atoms with Crippen LogP contribution in [0.15, 0.2) is 42.9 Å². The van der Waals surface area contributed by atoms with Gasteiger partial charge in [0.05, 0.1) is 6.20 Å². The topological polar surface area (TPSA) is 54.0 Å². The second-order valence-electron chi connectivity index (χ2n) is 3.73. The van der Waals surface area contributed by atoms with Crippen molar-refractivity contribution >= 4 is 5.65 Å². The highest BCUT2D eigenvalue weighted by molar-refractivity contribution is 5.69. The smallest absolute Gasteiger partial charge is 0.157 e. The van der Waals surface area contributed by atoms with Gasteiger partial charge in [-0.2, -0.15) is 5.26 Å². The molecule has 0 unspecified atom stereocenters. The van der Waals surface area contributed by atoms with Gasteiger partial charge in [0.25, 0.3) is 0 Å². The Morgan fingerprint density at radius 3 is 2.72 bits per heavy atom. The minimum Gasteiger partial charge on any atom is -0.288 e. The molecule has 0 aliphatic carbocycles. The van der Waals surface area contributed by atoms with Crippen LogP contribution in [0.4, 0.5) is 4.39 Å². The van der Waals surface area contributed by atoms with E-state index >= 15 is 0 Å². The zero-order valence-corrected chi connectivity index (χ0v) is 9.21. The lowest BCUT2D eigenvalue weighted by Crippen LogP contribution is -1.89. The van der Waals surface area contributed by atoms with E-state index in [2.05, 4.69) is 16.0 Å². The fourth-order valence-corrected chi connectivity index (χ4v) is 1.82. The number of halogens is 1. The second-order valence-corrected chi connectivity index (χ2v) is 3.73. The van der Waals surface area contributed by atoms with Crippen LogP contribution >= 0.6 is 0 Å². The maximum Gasteiger partial charge on any atom is 0.157 e. The van der Waals surface area contributed by atoms with Gasteiger partial charge in [0, 0.05) is 18.0 Å². The van der Waals surface area contributed by atoms with Gasteiger partial charge in [-0.05, 0) is 24.3 Å². The Morgan fingerprint density at radius 2 is 2.00 bits per heavy atom. The number of nitriles is 1. The van der Waals surface area contributed by atoms with E-state index in [1.807, 2.05) is 0 Å². The highest BCUT2D eigenvalue weighted by Crippen LogP contribution is 2.23. The first-order chi connectivity index (χ1) is 8.79. The molecule has 86 valence electrons. The third-order valence-corrected chi connectivity index (χ3v) is 2.65. The first-order valence-corrected chi connectivity index (χ1v) is 5.27. The van der Waals surface area contributed by atoms with Crippen LogP contribution in [0.5, 0.6) is 0 Å². The zero-order valence-electron chi connectivity index (χ0n) is 9.21. The van der Waals surface area contributed by atoms with E-state index in [0.717, 1.165) is 0 Å². The number of fused-ring (bicyclic) bond motifs is 1. The monoisotopic (exact) mass is 238 g/mol. The summed E-state index contributed by atoms with van der Waals surface area (Å²) in [5.74, 6) is -0.317. The summed E-state index contributed by atoms with van der Waals surface area (Å²) < 4.78 is 14.5. The zero-order chi connectivity index (χ0) is 12.5. The van der Waals surface area contributed by atoms with Crippen LogP contribution in [0.3, 0.4) is 0 Å². The van der Waals surface area contributed by atoms with E-state index in [9.17, 15) is 9.65 Å². The molecule has 0 aliphatic rings. The molecule has 0 atom stereocenters. The summed E-state index contributed by atoms with van der Waals surface area (Å²) in [5.41, 5.74) is 2.24. The van der Waals surface area contributed by atoms with Gasteiger partial charge in [0.2, 0.25) is 0 Å². The van der Waals surface area contributed by atoms with E-state index < -0.39 is 0 Å². The first-order valence-electron chi connectivity index (χ1n) is 5.27. The van der Waals surface area contributed by atoms with Crippen LogP contribution in [0.25, 0.3) is 16.9 Å². The summed E-state index contributed by atoms with van der Waals surface area (Å²) >= 11 is 0. The third kappa shape index (κ3) is 1.52. The van der Waals surface area contributed by atoms with E-state index in [1.165, 1.54) is 12.1 Å². The van der Waals surface area contributed by atoms with Crippen molar-refractivity contribution in [1.29, 1.82) is 5.26 Å². The standard InChI is InChI=1S/C13H7FN4/c14-10-3-1-9(2-4-10)13-11(7-15)18-6-5-16-8-12(18)17-13/h1-6,8H. The molecule has 0 aliphatic heterocycles. The number of imidazole rings is 1. The molecule has 0 N–H and O–H groups in total. The van der Waals surface area contributed by atoms with Crippen molar-refractivity contribution in [2.24, 2.45) is 0 Å². The Balaban J connectivity index is 2.29. The molecular weight excluding hydrogens is 231 g/mol. The molecule has 4 nitrogen and oxygen atoms in total. The lowest BCUT2D eigenvalue weighted by atomic mass is 10.1. The highest BCUT2D eigenvalue weighted by atomic mass is 19.1. The van der Waals surface area contributed by atoms with Gasteiger partial charge in [0.1, 0.15) is 17.6 Å². The minimum atomic E-state index is -0.317. The lowest BCUT2D eigenvalue weighted by Gasteiger charge is -1.97. The van der Waals surface area contributed by atoms with Gasteiger partial charge in [-0.3, -0.25) is 9.38 Å². The fourth-order valence-electron chi connectivity index (χ4n) is 1.82. The molecule has 2 aromatic heterocycles. The van der Waals surface area contributed by atoms with Crippen molar-refractivity contribution < 1.29 is 4.39 Å². The number of aromatic nitrogens is 3. The maximum absolute atomic E-state index is 12.9. The molecule has 18 heavy (non-hydrogen) atoms. The van der Waals surface area contributed by atoms with Crippen molar-refractivity contribution in [2.75, 3.05) is 0 Å². The van der Waals surface area contributed by atoms with Crippen LogP contribution in [-0.4, -0.2) is 14.4 Å². The van der Waals surface area contributed by atoms with E-state index in [0.29, 0.717) is 22.6 Å². The molecule has 0 spiro atoms. The molecular formula is C13H7FN4. The Hall–Kier alpha value is -2.74. The second kappa shape index (κ2) is 3.93. The van der Waals surface area contributed by atoms with Crippen LogP contribution in [-0.2, 0) is 0 Å². The Labute approximate surface area is 102 Å². The molecule has 3 rings (SSSR count). The number of benzene rings is 1. The van der Waals surface area contributed by atoms with E-state index in [-0.39, 0.29) is 5.82 Å². The molecule has 0 fully saturated rings. The summed E-state index contributed by atoms with van der Waals surface area (Å²) in [5, 5.41) is 9.22. The predicted molar refractivity (Wildman–Crippen MR) is 63.1 cm³/mol. The molecule has 0 saturated carbocycles. The van der Waals surface area contributed by atoms with Crippen molar-refractivity contribution in [2.45, 2.75) is 0 Å². The van der Waals surface area contributed by atoms with Crippen LogP contribution in [0.2, 0.25) is 0 Å². The first kappa shape index (κ1) is 10.4. The number of rotatable bonds is 1. The molecule has 5 heteroatoms. The van der Waals surface area contributed by atoms with Gasteiger partial charge < -0.3 is 0 Å². The fraction of sp³-hybridized carbons (Fsp3) is 0. The highest BCUT2D eigenvalue weighted by Gasteiger charge is 2.13. The molecule has 3 aromatic rings. The molecule has 2 heterocycles. The van der Waals surface area contributed by atoms with Crippen molar-refractivity contribution in [3.05, 3.63) is 54.4 Å². The molecule has 0 saturated heterocycles. The largest absolute Gasteiger partial charge is 0.288 e. The van der Waals surface area contributed by atoms with Gasteiger partial charge >= 0.3 is 0 Å². The summed E-state index contributed by atoms with van der Waals surface area (Å²) in [6, 6.07) is 8.01. The average molecular weight is 238 g/mol. The molecule has 0 amide bonds. The SMILES string of the molecule is N#Cc1c(-c2ccc(F)cc2)nc2cnccn12. The average Bonchev–Trinajstić information content (AvgIpc) is 2.78. The number of hydrogen-bond acceptors (Lipinski definition) is 3. The Bertz CT molecular complexity index is 753. The van der Waals surface area contributed by atoms with Gasteiger partial charge in [-0.1, -0.05) is 0 Å². The molecule has 1 aromatic carbocycles. The van der Waals surface area contributed by atoms with Crippen LogP contribution < -0.4 is 0 Å². The molecule has 0 bridgehead atoms. The predicted octanol–water partition coefficient (Wildman–Crippen LogP) is 2.41. The van der Waals surface area contributed by atoms with E-state index in [1.54, 1.807) is 35.1 Å². The van der Waals surface area contributed by atoms with Crippen molar-refractivity contribution in [3.8, 4) is 17.3 Å². The maximum atomic E-state index is 12.9. The van der Waals surface area contributed by atoms with E-state index in [4.69, 9.17) is 0 Å². The van der Waals surface area contributed by atoms with Gasteiger partial charge in [-0.25, -0.2) is 9.37 Å². The summed E-state index contributed by atoms with van der Waals surface area (Å²) in [6.45, 7) is 0. The molecule has 0 radical (unpaired) electrons. The Morgan fingerprint density at radius 1 is 1.22 bits per heavy atom. The quantitative estimate of drug-likeness (QED) is 0.654. The number of nitrogens with zero attached hydrogens (tertiary/aromatic N) is 4. The van der Waals surface area contributed by atoms with Crippen LogP contribution in [0.1, 0.15) is 5.69 Å². The lowest BCUT2D eigenvalue weighted by molar-refractivity contribution is 0.628. The minimum absolute atomic E-state index is 0.317. The van der Waals surface area contributed by atoms with Gasteiger partial charge in [0.15, 0.2) is 11.3 Å². The van der Waals surface area contributed by atoms with Crippen molar-refractivity contribution in [1.82, 2.24) is 14.4 Å². The van der Waals surface area contributed by atoms with Crippen LogP contribution in [0, 0.1) is 17.1 Å². The normalized spacial score (nSPS) is 10.4. The van der Waals surface area contributed by atoms with Gasteiger partial charge in [-0.15, -0.1) is 0 Å². The number of hydrogen-bond donors (Lipinski definition) is 0. The summed E-state index contributed by atoms with van der Waals surface area (Å²) in [7, 11) is 0. The summed E-state index contributed by atoms with van der Waals surface area (Å²) in [6.07, 6.45) is 4.84. The van der Waals surface area contributed by atoms with Crippen molar-refractivity contribution in [3.63, 3.8) is 0 Å².